The van der Waals surface area contributed by atoms with Crippen molar-refractivity contribution in [2.45, 2.75) is 32.2 Å². The molecule has 3 amide bonds. The van der Waals surface area contributed by atoms with Gasteiger partial charge < -0.3 is 4.90 Å². The molecule has 2 heterocycles. The number of hydrogen-bond donors (Lipinski definition) is 0. The van der Waals surface area contributed by atoms with Gasteiger partial charge in [-0.1, -0.05) is 12.8 Å². The van der Waals surface area contributed by atoms with E-state index < -0.39 is 0 Å². The second-order valence-electron chi connectivity index (χ2n) is 6.53. The number of amides is 3. The third-order valence-corrected chi connectivity index (χ3v) is 4.83. The molecule has 3 rings (SSSR count). The largest absolute Gasteiger partial charge is 0.340 e. The highest BCUT2D eigenvalue weighted by Crippen LogP contribution is 2.37. The first-order chi connectivity index (χ1) is 11.0. The summed E-state index contributed by atoms with van der Waals surface area (Å²) < 4.78 is 1.67. The predicted molar refractivity (Wildman–Crippen MR) is 81.9 cm³/mol. The van der Waals surface area contributed by atoms with Gasteiger partial charge in [0.15, 0.2) is 0 Å². The monoisotopic (exact) mass is 318 g/mol. The highest BCUT2D eigenvalue weighted by molar-refractivity contribution is 6.07. The van der Waals surface area contributed by atoms with Crippen molar-refractivity contribution in [3.05, 3.63) is 18.0 Å². The van der Waals surface area contributed by atoms with Crippen molar-refractivity contribution in [3.63, 3.8) is 0 Å². The van der Waals surface area contributed by atoms with Crippen LogP contribution < -0.4 is 0 Å². The van der Waals surface area contributed by atoms with Crippen molar-refractivity contribution in [3.8, 4) is 0 Å². The number of hydrogen-bond acceptors (Lipinski definition) is 4. The van der Waals surface area contributed by atoms with Crippen LogP contribution in [0.15, 0.2) is 12.4 Å². The van der Waals surface area contributed by atoms with Crippen LogP contribution in [0, 0.1) is 11.8 Å². The molecule has 2 unspecified atom stereocenters. The van der Waals surface area contributed by atoms with Gasteiger partial charge in [0.25, 0.3) is 0 Å². The Morgan fingerprint density at radius 1 is 1.26 bits per heavy atom. The number of imide groups is 1. The molecule has 2 atom stereocenters. The summed E-state index contributed by atoms with van der Waals surface area (Å²) in [4.78, 5) is 39.8. The molecule has 2 fully saturated rings. The molecule has 1 aromatic rings. The Balaban J connectivity index is 1.62. The summed E-state index contributed by atoms with van der Waals surface area (Å²) in [5.74, 6) is -0.958. The quantitative estimate of drug-likeness (QED) is 0.760. The van der Waals surface area contributed by atoms with Gasteiger partial charge in [-0.05, 0) is 12.8 Å². The van der Waals surface area contributed by atoms with Crippen molar-refractivity contribution >= 4 is 17.7 Å². The van der Waals surface area contributed by atoms with Gasteiger partial charge in [0.05, 0.1) is 18.0 Å². The lowest BCUT2D eigenvalue weighted by Gasteiger charge is -2.20. The fourth-order valence-electron chi connectivity index (χ4n) is 3.56. The van der Waals surface area contributed by atoms with Crippen LogP contribution in [0.2, 0.25) is 0 Å². The van der Waals surface area contributed by atoms with Crippen LogP contribution in [0.4, 0.5) is 0 Å². The zero-order valence-electron chi connectivity index (χ0n) is 13.6. The molecule has 1 aliphatic heterocycles. The maximum absolute atomic E-state index is 12.4. The van der Waals surface area contributed by atoms with Crippen molar-refractivity contribution in [2.75, 3.05) is 13.6 Å². The van der Waals surface area contributed by atoms with Gasteiger partial charge in [0.1, 0.15) is 6.54 Å². The van der Waals surface area contributed by atoms with Crippen LogP contribution in [-0.4, -0.2) is 50.9 Å². The molecule has 0 spiro atoms. The van der Waals surface area contributed by atoms with E-state index in [1.54, 1.807) is 17.9 Å². The van der Waals surface area contributed by atoms with Crippen LogP contribution in [0.1, 0.15) is 31.2 Å². The highest BCUT2D eigenvalue weighted by atomic mass is 16.2. The fourth-order valence-corrected chi connectivity index (χ4v) is 3.56. The Bertz CT molecular complexity index is 615. The topological polar surface area (TPSA) is 75.5 Å². The van der Waals surface area contributed by atoms with E-state index in [1.165, 1.54) is 9.80 Å². The number of rotatable bonds is 4. The molecular weight excluding hydrogens is 296 g/mol. The minimum Gasteiger partial charge on any atom is -0.340 e. The molecular formula is C16H22N4O3. The van der Waals surface area contributed by atoms with Crippen molar-refractivity contribution in [1.29, 1.82) is 0 Å². The van der Waals surface area contributed by atoms with Gasteiger partial charge in [0, 0.05) is 32.4 Å². The lowest BCUT2D eigenvalue weighted by atomic mass is 9.81. The van der Waals surface area contributed by atoms with Crippen LogP contribution in [0.5, 0.6) is 0 Å². The van der Waals surface area contributed by atoms with E-state index >= 15 is 0 Å². The number of carbonyl (C=O) groups is 3. The summed E-state index contributed by atoms with van der Waals surface area (Å²) in [5, 5.41) is 4.07. The van der Waals surface area contributed by atoms with E-state index in [0.29, 0.717) is 6.54 Å². The van der Waals surface area contributed by atoms with E-state index in [0.717, 1.165) is 31.2 Å². The summed E-state index contributed by atoms with van der Waals surface area (Å²) >= 11 is 0. The second kappa shape index (κ2) is 6.14. The maximum atomic E-state index is 12.4. The van der Waals surface area contributed by atoms with Crippen molar-refractivity contribution < 1.29 is 14.4 Å². The Hall–Kier alpha value is -2.18. The standard InChI is InChI=1S/C16H22N4O3/c1-18(8-11-7-17-19(2)9-11)14(21)10-20-15(22)12-5-3-4-6-13(12)16(20)23/h7,9,12-13H,3-6,8,10H2,1-2H3. The molecule has 1 saturated heterocycles. The Morgan fingerprint density at radius 3 is 2.39 bits per heavy atom. The molecule has 7 heteroatoms. The lowest BCUT2D eigenvalue weighted by molar-refractivity contribution is -0.146. The highest BCUT2D eigenvalue weighted by Gasteiger charge is 2.48. The summed E-state index contributed by atoms with van der Waals surface area (Å²) in [6.45, 7) is 0.261. The molecule has 1 saturated carbocycles. The molecule has 0 N–H and O–H groups in total. The van der Waals surface area contributed by atoms with E-state index in [2.05, 4.69) is 5.10 Å². The number of fused-ring (bicyclic) bond motifs is 1. The Morgan fingerprint density at radius 2 is 1.87 bits per heavy atom. The first-order valence-electron chi connectivity index (χ1n) is 8.04. The van der Waals surface area contributed by atoms with Crippen LogP contribution in [0.3, 0.4) is 0 Å². The molecule has 23 heavy (non-hydrogen) atoms. The van der Waals surface area contributed by atoms with Gasteiger partial charge in [-0.2, -0.15) is 5.10 Å². The molecule has 1 aromatic heterocycles. The van der Waals surface area contributed by atoms with Crippen LogP contribution >= 0.6 is 0 Å². The SMILES string of the molecule is CN(Cc1cnn(C)c1)C(=O)CN1C(=O)C2CCCCC2C1=O. The number of likely N-dealkylation sites (tertiary alicyclic amines) is 1. The molecule has 124 valence electrons. The molecule has 0 bridgehead atoms. The third-order valence-electron chi connectivity index (χ3n) is 4.83. The number of carbonyl (C=O) groups excluding carboxylic acids is 3. The molecule has 1 aliphatic carbocycles. The molecule has 0 radical (unpaired) electrons. The van der Waals surface area contributed by atoms with E-state index in [4.69, 9.17) is 0 Å². The van der Waals surface area contributed by atoms with E-state index in [9.17, 15) is 14.4 Å². The van der Waals surface area contributed by atoms with Gasteiger partial charge in [-0.3, -0.25) is 24.0 Å². The van der Waals surface area contributed by atoms with Gasteiger partial charge in [0.2, 0.25) is 17.7 Å². The summed E-state index contributed by atoms with van der Waals surface area (Å²) in [6.07, 6.45) is 7.05. The Kier molecular flexibility index (Phi) is 4.19. The lowest BCUT2D eigenvalue weighted by Crippen LogP contribution is -2.41. The summed E-state index contributed by atoms with van der Waals surface area (Å²) in [7, 11) is 3.49. The van der Waals surface area contributed by atoms with Crippen molar-refractivity contribution in [2.24, 2.45) is 18.9 Å². The van der Waals surface area contributed by atoms with E-state index in [-0.39, 0.29) is 36.1 Å². The molecule has 0 aromatic carbocycles. The zero-order valence-corrected chi connectivity index (χ0v) is 13.6. The maximum Gasteiger partial charge on any atom is 0.242 e. The molecule has 7 nitrogen and oxygen atoms in total. The predicted octanol–water partition coefficient (Wildman–Crippen LogP) is 0.554. The summed E-state index contributed by atoms with van der Waals surface area (Å²) in [5.41, 5.74) is 0.913. The molecule has 2 aliphatic rings. The first-order valence-corrected chi connectivity index (χ1v) is 8.04. The minimum atomic E-state index is -0.228. The normalized spacial score (nSPS) is 24.0. The fraction of sp³-hybridized carbons (Fsp3) is 0.625. The first kappa shape index (κ1) is 15.7. The van der Waals surface area contributed by atoms with Crippen LogP contribution in [0.25, 0.3) is 0 Å². The van der Waals surface area contributed by atoms with Gasteiger partial charge in [-0.15, -0.1) is 0 Å². The number of aryl methyl sites for hydroxylation is 1. The number of nitrogens with zero attached hydrogens (tertiary/aromatic N) is 4. The Labute approximate surface area is 135 Å². The minimum absolute atomic E-state index is 0.151. The van der Waals surface area contributed by atoms with E-state index in [1.807, 2.05) is 13.2 Å². The van der Waals surface area contributed by atoms with Crippen molar-refractivity contribution in [1.82, 2.24) is 19.6 Å². The average molecular weight is 318 g/mol. The van der Waals surface area contributed by atoms with Gasteiger partial charge in [-0.25, -0.2) is 0 Å². The van der Waals surface area contributed by atoms with Gasteiger partial charge >= 0.3 is 0 Å². The smallest absolute Gasteiger partial charge is 0.242 e. The van der Waals surface area contributed by atoms with Crippen LogP contribution in [-0.2, 0) is 28.0 Å². The second-order valence-corrected chi connectivity index (χ2v) is 6.53. The number of aromatic nitrogens is 2. The summed E-state index contributed by atoms with van der Waals surface area (Å²) in [6, 6.07) is 0. The average Bonchev–Trinajstić information content (AvgIpc) is 3.04. The number of likely N-dealkylation sites (N-methyl/N-ethyl adjacent to an activating group) is 1. The zero-order chi connectivity index (χ0) is 16.6. The third kappa shape index (κ3) is 3.00.